The SMILES string of the molecule is CC(C)Oc1cccc(C(CC2CCCCO2)NN)c1. The Kier molecular flexibility index (Phi) is 5.83. The van der Waals surface area contributed by atoms with Crippen LogP contribution in [-0.2, 0) is 4.74 Å². The quantitative estimate of drug-likeness (QED) is 0.620. The molecule has 1 saturated heterocycles. The van der Waals surface area contributed by atoms with E-state index in [1.54, 1.807) is 0 Å². The Balaban J connectivity index is 2.02. The molecular formula is C16H26N2O2. The van der Waals surface area contributed by atoms with Crippen LogP contribution < -0.4 is 16.0 Å². The number of nitrogens with two attached hydrogens (primary N) is 1. The summed E-state index contributed by atoms with van der Waals surface area (Å²) in [6.45, 7) is 4.93. The van der Waals surface area contributed by atoms with Gasteiger partial charge in [0, 0.05) is 12.6 Å². The number of ether oxygens (including phenoxy) is 2. The van der Waals surface area contributed by atoms with E-state index in [0.29, 0.717) is 6.10 Å². The zero-order valence-corrected chi connectivity index (χ0v) is 12.5. The Labute approximate surface area is 121 Å². The standard InChI is InChI=1S/C16H26N2O2/c1-12(2)20-15-8-5-6-13(10-15)16(18-17)11-14-7-3-4-9-19-14/h5-6,8,10,12,14,16,18H,3-4,7,9,11,17H2,1-2H3. The molecular weight excluding hydrogens is 252 g/mol. The highest BCUT2D eigenvalue weighted by Crippen LogP contribution is 2.26. The van der Waals surface area contributed by atoms with Crippen molar-refractivity contribution in [2.24, 2.45) is 5.84 Å². The van der Waals surface area contributed by atoms with Gasteiger partial charge in [0.2, 0.25) is 0 Å². The number of hydrazine groups is 1. The van der Waals surface area contributed by atoms with Gasteiger partial charge >= 0.3 is 0 Å². The Hall–Kier alpha value is -1.10. The third-order valence-electron chi connectivity index (χ3n) is 3.61. The zero-order chi connectivity index (χ0) is 14.4. The average molecular weight is 278 g/mol. The van der Waals surface area contributed by atoms with Crippen molar-refractivity contribution in [3.05, 3.63) is 29.8 Å². The molecule has 1 aliphatic rings. The molecule has 0 aliphatic carbocycles. The van der Waals surface area contributed by atoms with E-state index in [1.165, 1.54) is 12.8 Å². The minimum absolute atomic E-state index is 0.105. The van der Waals surface area contributed by atoms with E-state index in [-0.39, 0.29) is 12.1 Å². The summed E-state index contributed by atoms with van der Waals surface area (Å²) in [5.41, 5.74) is 4.06. The fourth-order valence-corrected chi connectivity index (χ4v) is 2.63. The lowest BCUT2D eigenvalue weighted by atomic mass is 9.97. The fraction of sp³-hybridized carbons (Fsp3) is 0.625. The first-order chi connectivity index (χ1) is 9.69. The lowest BCUT2D eigenvalue weighted by Crippen LogP contribution is -2.32. The van der Waals surface area contributed by atoms with Crippen LogP contribution in [0.3, 0.4) is 0 Å². The smallest absolute Gasteiger partial charge is 0.120 e. The molecule has 0 aromatic heterocycles. The Morgan fingerprint density at radius 2 is 2.25 bits per heavy atom. The molecule has 4 nitrogen and oxygen atoms in total. The Morgan fingerprint density at radius 3 is 2.90 bits per heavy atom. The summed E-state index contributed by atoms with van der Waals surface area (Å²) >= 11 is 0. The first-order valence-corrected chi connectivity index (χ1v) is 7.53. The molecule has 0 radical (unpaired) electrons. The van der Waals surface area contributed by atoms with Gasteiger partial charge in [-0.3, -0.25) is 11.3 Å². The highest BCUT2D eigenvalue weighted by atomic mass is 16.5. The van der Waals surface area contributed by atoms with Gasteiger partial charge in [-0.2, -0.15) is 0 Å². The van der Waals surface area contributed by atoms with E-state index in [2.05, 4.69) is 17.6 Å². The van der Waals surface area contributed by atoms with Crippen molar-refractivity contribution in [2.45, 2.75) is 57.8 Å². The summed E-state index contributed by atoms with van der Waals surface area (Å²) in [6, 6.07) is 8.25. The van der Waals surface area contributed by atoms with Gasteiger partial charge < -0.3 is 9.47 Å². The van der Waals surface area contributed by atoms with Gasteiger partial charge in [0.25, 0.3) is 0 Å². The van der Waals surface area contributed by atoms with Crippen LogP contribution in [0.5, 0.6) is 5.75 Å². The maximum absolute atomic E-state index is 5.80. The second kappa shape index (κ2) is 7.62. The first-order valence-electron chi connectivity index (χ1n) is 7.53. The second-order valence-corrected chi connectivity index (χ2v) is 5.68. The maximum Gasteiger partial charge on any atom is 0.120 e. The van der Waals surface area contributed by atoms with E-state index in [1.807, 2.05) is 26.0 Å². The molecule has 1 heterocycles. The highest BCUT2D eigenvalue weighted by Gasteiger charge is 2.20. The number of hydrogen-bond donors (Lipinski definition) is 2. The normalized spacial score (nSPS) is 20.9. The van der Waals surface area contributed by atoms with Gasteiger partial charge in [0.1, 0.15) is 5.75 Å². The molecule has 2 unspecified atom stereocenters. The minimum atomic E-state index is 0.105. The largest absolute Gasteiger partial charge is 0.491 e. The fourth-order valence-electron chi connectivity index (χ4n) is 2.63. The molecule has 0 spiro atoms. The van der Waals surface area contributed by atoms with Crippen molar-refractivity contribution >= 4 is 0 Å². The van der Waals surface area contributed by atoms with Crippen LogP contribution in [0.25, 0.3) is 0 Å². The molecule has 20 heavy (non-hydrogen) atoms. The summed E-state index contributed by atoms with van der Waals surface area (Å²) in [5.74, 6) is 6.62. The van der Waals surface area contributed by atoms with Crippen LogP contribution in [-0.4, -0.2) is 18.8 Å². The van der Waals surface area contributed by atoms with Gasteiger partial charge in [-0.05, 0) is 57.2 Å². The molecule has 0 saturated carbocycles. The average Bonchev–Trinajstić information content (AvgIpc) is 2.45. The van der Waals surface area contributed by atoms with Crippen molar-refractivity contribution in [3.8, 4) is 5.75 Å². The van der Waals surface area contributed by atoms with Crippen LogP contribution in [0.2, 0.25) is 0 Å². The van der Waals surface area contributed by atoms with E-state index in [4.69, 9.17) is 15.3 Å². The molecule has 1 fully saturated rings. The lowest BCUT2D eigenvalue weighted by molar-refractivity contribution is 0.00500. The molecule has 2 rings (SSSR count). The predicted molar refractivity (Wildman–Crippen MR) is 80.5 cm³/mol. The summed E-state index contributed by atoms with van der Waals surface area (Å²) in [6.07, 6.45) is 4.94. The van der Waals surface area contributed by atoms with E-state index in [9.17, 15) is 0 Å². The second-order valence-electron chi connectivity index (χ2n) is 5.68. The summed E-state index contributed by atoms with van der Waals surface area (Å²) < 4.78 is 11.5. The van der Waals surface area contributed by atoms with Crippen LogP contribution in [0.15, 0.2) is 24.3 Å². The lowest BCUT2D eigenvalue weighted by Gasteiger charge is -2.27. The third kappa shape index (κ3) is 4.47. The number of benzene rings is 1. The van der Waals surface area contributed by atoms with Crippen LogP contribution in [0, 0.1) is 0 Å². The first kappa shape index (κ1) is 15.3. The van der Waals surface area contributed by atoms with Gasteiger partial charge in [0.05, 0.1) is 12.2 Å². The molecule has 0 bridgehead atoms. The summed E-state index contributed by atoms with van der Waals surface area (Å²) in [4.78, 5) is 0. The van der Waals surface area contributed by atoms with Gasteiger partial charge in [0.15, 0.2) is 0 Å². The molecule has 2 atom stereocenters. The van der Waals surface area contributed by atoms with Gasteiger partial charge in [-0.15, -0.1) is 0 Å². The topological polar surface area (TPSA) is 56.5 Å². The van der Waals surface area contributed by atoms with Crippen LogP contribution in [0.4, 0.5) is 0 Å². The van der Waals surface area contributed by atoms with E-state index >= 15 is 0 Å². The van der Waals surface area contributed by atoms with Crippen LogP contribution in [0.1, 0.15) is 51.1 Å². The predicted octanol–water partition coefficient (Wildman–Crippen LogP) is 2.94. The number of rotatable bonds is 6. The molecule has 4 heteroatoms. The Morgan fingerprint density at radius 1 is 1.40 bits per heavy atom. The highest BCUT2D eigenvalue weighted by molar-refractivity contribution is 5.30. The summed E-state index contributed by atoms with van der Waals surface area (Å²) in [7, 11) is 0. The van der Waals surface area contributed by atoms with Gasteiger partial charge in [-0.1, -0.05) is 12.1 Å². The molecule has 1 aliphatic heterocycles. The number of nitrogens with one attached hydrogen (secondary N) is 1. The zero-order valence-electron chi connectivity index (χ0n) is 12.5. The maximum atomic E-state index is 5.80. The molecule has 0 amide bonds. The van der Waals surface area contributed by atoms with Crippen LogP contribution >= 0.6 is 0 Å². The van der Waals surface area contributed by atoms with Crippen molar-refractivity contribution in [1.29, 1.82) is 0 Å². The molecule has 1 aromatic carbocycles. The molecule has 112 valence electrons. The minimum Gasteiger partial charge on any atom is -0.491 e. The molecule has 3 N–H and O–H groups in total. The van der Waals surface area contributed by atoms with Crippen molar-refractivity contribution in [3.63, 3.8) is 0 Å². The monoisotopic (exact) mass is 278 g/mol. The van der Waals surface area contributed by atoms with E-state index < -0.39 is 0 Å². The van der Waals surface area contributed by atoms with Crippen molar-refractivity contribution in [1.82, 2.24) is 5.43 Å². The van der Waals surface area contributed by atoms with Crippen molar-refractivity contribution in [2.75, 3.05) is 6.61 Å². The molecule has 1 aromatic rings. The number of hydrogen-bond acceptors (Lipinski definition) is 4. The Bertz CT molecular complexity index is 403. The van der Waals surface area contributed by atoms with Gasteiger partial charge in [-0.25, -0.2) is 0 Å². The van der Waals surface area contributed by atoms with E-state index in [0.717, 1.165) is 30.8 Å². The summed E-state index contributed by atoms with van der Waals surface area (Å²) in [5, 5.41) is 0. The third-order valence-corrected chi connectivity index (χ3v) is 3.61. The van der Waals surface area contributed by atoms with Crippen molar-refractivity contribution < 1.29 is 9.47 Å².